The van der Waals surface area contributed by atoms with Gasteiger partial charge in [-0.05, 0) is 38.1 Å². The second-order valence-corrected chi connectivity index (χ2v) is 5.25. The van der Waals surface area contributed by atoms with Crippen molar-refractivity contribution < 1.29 is 0 Å². The molecule has 0 aliphatic heterocycles. The number of thiophene rings is 2. The van der Waals surface area contributed by atoms with Gasteiger partial charge in [0.05, 0.1) is 9.75 Å². The molecule has 0 saturated carbocycles. The Morgan fingerprint density at radius 1 is 0.750 bits per heavy atom. The van der Waals surface area contributed by atoms with Crippen LogP contribution in [0.25, 0.3) is 9.75 Å². The largest absolute Gasteiger partial charge is 0.126 e. The van der Waals surface area contributed by atoms with Crippen LogP contribution in [0.2, 0.25) is 0 Å². The molecule has 78 valence electrons. The fourth-order valence-corrected chi connectivity index (χ4v) is 3.23. The summed E-state index contributed by atoms with van der Waals surface area (Å²) in [5, 5.41) is 0. The van der Waals surface area contributed by atoms with Crippen molar-refractivity contribution >= 4 is 22.7 Å². The van der Waals surface area contributed by atoms with Crippen LogP contribution in [0.4, 0.5) is 0 Å². The Morgan fingerprint density at radius 2 is 1.19 bits per heavy atom. The predicted molar refractivity (Wildman–Crippen MR) is 72.7 cm³/mol. The van der Waals surface area contributed by atoms with Gasteiger partial charge in [0.2, 0.25) is 0 Å². The van der Waals surface area contributed by atoms with Gasteiger partial charge in [-0.25, -0.2) is 0 Å². The van der Waals surface area contributed by atoms with Crippen molar-refractivity contribution in [1.82, 2.24) is 0 Å². The van der Waals surface area contributed by atoms with Crippen LogP contribution in [-0.4, -0.2) is 0 Å². The maximum Gasteiger partial charge on any atom is 0.0775 e. The monoisotopic (exact) mass is 242 g/mol. The summed E-state index contributed by atoms with van der Waals surface area (Å²) < 4.78 is 0. The van der Waals surface area contributed by atoms with Crippen LogP contribution >= 0.6 is 22.7 Å². The zero-order valence-electron chi connectivity index (χ0n) is 9.13. The van der Waals surface area contributed by atoms with Crippen LogP contribution < -0.4 is 0 Å². The van der Waals surface area contributed by atoms with Gasteiger partial charge in [-0.3, -0.25) is 0 Å². The summed E-state index contributed by atoms with van der Waals surface area (Å²) in [4.78, 5) is 4.78. The van der Waals surface area contributed by atoms with E-state index in [9.17, 15) is 0 Å². The van der Waals surface area contributed by atoms with Crippen LogP contribution in [0.15, 0.2) is 24.3 Å². The van der Waals surface area contributed by atoms with E-state index in [1.807, 2.05) is 13.8 Å². The van der Waals surface area contributed by atoms with Crippen LogP contribution in [0.5, 0.6) is 0 Å². The predicted octanol–water partition coefficient (Wildman–Crippen LogP) is 4.22. The Bertz CT molecular complexity index is 550. The second kappa shape index (κ2) is 5.03. The molecular weight excluding hydrogens is 232 g/mol. The van der Waals surface area contributed by atoms with Crippen molar-refractivity contribution in [3.8, 4) is 33.4 Å². The van der Waals surface area contributed by atoms with Crippen molar-refractivity contribution in [2.45, 2.75) is 13.8 Å². The Kier molecular flexibility index (Phi) is 3.47. The molecule has 0 amide bonds. The minimum Gasteiger partial charge on any atom is -0.126 e. The van der Waals surface area contributed by atoms with Gasteiger partial charge in [-0.2, -0.15) is 0 Å². The normalized spacial score (nSPS) is 8.88. The third-order valence-corrected chi connectivity index (χ3v) is 4.15. The Balaban J connectivity index is 2.32. The lowest BCUT2D eigenvalue weighted by atomic mass is 10.3. The zero-order valence-corrected chi connectivity index (χ0v) is 10.8. The molecule has 2 aromatic rings. The second-order valence-electron chi connectivity index (χ2n) is 3.08. The molecule has 0 unspecified atom stereocenters. The van der Waals surface area contributed by atoms with E-state index >= 15 is 0 Å². The Hall–Kier alpha value is -1.48. The third kappa shape index (κ3) is 2.36. The molecule has 0 N–H and O–H groups in total. The summed E-state index contributed by atoms with van der Waals surface area (Å²) in [5.74, 6) is 12.0. The van der Waals surface area contributed by atoms with Gasteiger partial charge in [0, 0.05) is 9.75 Å². The number of hydrogen-bond donors (Lipinski definition) is 0. The summed E-state index contributed by atoms with van der Waals surface area (Å²) in [6.45, 7) is 3.72. The first-order chi connectivity index (χ1) is 7.83. The molecule has 0 radical (unpaired) electrons. The van der Waals surface area contributed by atoms with Gasteiger partial charge in [0.25, 0.3) is 0 Å². The molecule has 0 bridgehead atoms. The van der Waals surface area contributed by atoms with Gasteiger partial charge in [-0.15, -0.1) is 34.5 Å². The summed E-state index contributed by atoms with van der Waals surface area (Å²) in [7, 11) is 0. The average molecular weight is 242 g/mol. The molecule has 0 nitrogen and oxygen atoms in total. The van der Waals surface area contributed by atoms with E-state index in [0.717, 1.165) is 9.75 Å². The summed E-state index contributed by atoms with van der Waals surface area (Å²) in [6, 6.07) is 8.39. The van der Waals surface area contributed by atoms with Crippen LogP contribution in [0, 0.1) is 23.7 Å². The van der Waals surface area contributed by atoms with Crippen molar-refractivity contribution in [3.63, 3.8) is 0 Å². The Morgan fingerprint density at radius 3 is 1.56 bits per heavy atom. The molecule has 0 atom stereocenters. The quantitative estimate of drug-likeness (QED) is 0.657. The van der Waals surface area contributed by atoms with E-state index in [2.05, 4.69) is 47.9 Å². The third-order valence-electron chi connectivity index (χ3n) is 1.95. The van der Waals surface area contributed by atoms with Crippen molar-refractivity contribution in [1.29, 1.82) is 0 Å². The minimum absolute atomic E-state index is 1.12. The highest BCUT2D eigenvalue weighted by Gasteiger charge is 2.04. The molecule has 16 heavy (non-hydrogen) atoms. The standard InChI is InChI=1S/C14H10S2/c1-3-5-11-7-9-13(15-11)14-10-8-12(16-14)6-4-2/h7-10H,1-2H3. The molecule has 2 rings (SSSR count). The fourth-order valence-electron chi connectivity index (χ4n) is 1.32. The topological polar surface area (TPSA) is 0 Å². The zero-order chi connectivity index (χ0) is 11.4. The summed E-state index contributed by atoms with van der Waals surface area (Å²) in [5.41, 5.74) is 0. The average Bonchev–Trinajstić information content (AvgIpc) is 2.87. The highest BCUT2D eigenvalue weighted by Crippen LogP contribution is 2.33. The highest BCUT2D eigenvalue weighted by molar-refractivity contribution is 7.22. The molecule has 0 aliphatic rings. The van der Waals surface area contributed by atoms with Crippen LogP contribution in [0.3, 0.4) is 0 Å². The first-order valence-electron chi connectivity index (χ1n) is 4.89. The highest BCUT2D eigenvalue weighted by atomic mass is 32.1. The SMILES string of the molecule is CC#Cc1ccc(-c2ccc(C#CC)s2)s1. The number of hydrogen-bond acceptors (Lipinski definition) is 2. The van der Waals surface area contributed by atoms with E-state index in [4.69, 9.17) is 0 Å². The molecule has 0 aromatic carbocycles. The molecule has 2 heteroatoms. The maximum atomic E-state index is 3.07. The van der Waals surface area contributed by atoms with Crippen LogP contribution in [0.1, 0.15) is 23.6 Å². The first kappa shape index (κ1) is 11.0. The molecule has 2 aromatic heterocycles. The molecule has 0 spiro atoms. The van der Waals surface area contributed by atoms with Gasteiger partial charge in [-0.1, -0.05) is 11.8 Å². The summed E-state index contributed by atoms with van der Waals surface area (Å²) in [6.07, 6.45) is 0. The van der Waals surface area contributed by atoms with Gasteiger partial charge in [0.15, 0.2) is 0 Å². The van der Waals surface area contributed by atoms with E-state index in [1.54, 1.807) is 22.7 Å². The van der Waals surface area contributed by atoms with Gasteiger partial charge < -0.3 is 0 Å². The summed E-state index contributed by atoms with van der Waals surface area (Å²) >= 11 is 3.46. The molecule has 0 saturated heterocycles. The van der Waals surface area contributed by atoms with Gasteiger partial charge >= 0.3 is 0 Å². The van der Waals surface area contributed by atoms with E-state index in [-0.39, 0.29) is 0 Å². The number of rotatable bonds is 1. The lowest BCUT2D eigenvalue weighted by molar-refractivity contribution is 1.85. The van der Waals surface area contributed by atoms with Crippen molar-refractivity contribution in [3.05, 3.63) is 34.0 Å². The smallest absolute Gasteiger partial charge is 0.0775 e. The van der Waals surface area contributed by atoms with E-state index in [1.165, 1.54) is 9.75 Å². The van der Waals surface area contributed by atoms with Gasteiger partial charge in [0.1, 0.15) is 0 Å². The molecule has 0 aliphatic carbocycles. The minimum atomic E-state index is 1.12. The first-order valence-corrected chi connectivity index (χ1v) is 6.52. The molecule has 0 fully saturated rings. The van der Waals surface area contributed by atoms with E-state index < -0.39 is 0 Å². The van der Waals surface area contributed by atoms with E-state index in [0.29, 0.717) is 0 Å². The Labute approximate surface area is 104 Å². The molecule has 2 heterocycles. The lowest BCUT2D eigenvalue weighted by Crippen LogP contribution is -1.57. The molecular formula is C14H10S2. The van der Waals surface area contributed by atoms with Crippen LogP contribution in [-0.2, 0) is 0 Å². The fraction of sp³-hybridized carbons (Fsp3) is 0.143. The van der Waals surface area contributed by atoms with Crippen molar-refractivity contribution in [2.75, 3.05) is 0 Å². The van der Waals surface area contributed by atoms with Crippen molar-refractivity contribution in [2.24, 2.45) is 0 Å². The maximum absolute atomic E-state index is 3.07. The lowest BCUT2D eigenvalue weighted by Gasteiger charge is -1.86.